The van der Waals surface area contributed by atoms with Gasteiger partial charge < -0.3 is 0 Å². The fourth-order valence-electron chi connectivity index (χ4n) is 3.04. The third-order valence-corrected chi connectivity index (χ3v) is 4.17. The summed E-state index contributed by atoms with van der Waals surface area (Å²) in [5.41, 5.74) is 1.81. The first-order chi connectivity index (χ1) is 10.9. The Morgan fingerprint density at radius 2 is 2.00 bits per heavy atom. The average Bonchev–Trinajstić information content (AvgIpc) is 3.01. The van der Waals surface area contributed by atoms with Crippen molar-refractivity contribution in [2.24, 2.45) is 4.99 Å². The Hall–Kier alpha value is -2.51. The smallest absolute Gasteiger partial charge is 0.270 e. The summed E-state index contributed by atoms with van der Waals surface area (Å²) in [5, 5.41) is 4.43. The molecule has 3 rings (SSSR count). The molecular formula is C15H21N6O2+. The number of hydrogen-bond acceptors (Lipinski definition) is 4. The summed E-state index contributed by atoms with van der Waals surface area (Å²) in [5.74, 6) is 0.784. The van der Waals surface area contributed by atoms with Gasteiger partial charge in [-0.3, -0.25) is 14.6 Å². The number of carbonyl (C=O) groups excluding carboxylic acids is 2. The van der Waals surface area contributed by atoms with Crippen molar-refractivity contribution in [2.75, 3.05) is 20.6 Å². The van der Waals surface area contributed by atoms with E-state index in [4.69, 9.17) is 0 Å². The Morgan fingerprint density at radius 3 is 2.57 bits per heavy atom. The molecule has 0 aromatic carbocycles. The van der Waals surface area contributed by atoms with Crippen molar-refractivity contribution in [3.63, 3.8) is 0 Å². The third-order valence-electron chi connectivity index (χ3n) is 4.17. The first-order valence-electron chi connectivity index (χ1n) is 7.67. The van der Waals surface area contributed by atoms with Crippen LogP contribution in [-0.4, -0.2) is 74.6 Å². The van der Waals surface area contributed by atoms with Gasteiger partial charge in [-0.1, -0.05) is 11.9 Å². The summed E-state index contributed by atoms with van der Waals surface area (Å²) in [4.78, 5) is 32.4. The second-order valence-corrected chi connectivity index (χ2v) is 5.95. The zero-order chi connectivity index (χ0) is 16.9. The van der Waals surface area contributed by atoms with E-state index < -0.39 is 6.04 Å². The molecule has 3 heterocycles. The lowest BCUT2D eigenvalue weighted by atomic mass is 10.1. The molecule has 8 heteroatoms. The van der Waals surface area contributed by atoms with Crippen molar-refractivity contribution in [3.8, 4) is 0 Å². The van der Waals surface area contributed by atoms with Crippen LogP contribution in [-0.2, 0) is 4.79 Å². The van der Waals surface area contributed by atoms with Crippen LogP contribution in [0.1, 0.15) is 24.7 Å². The number of carbonyl (C=O) groups is 2. The number of aryl methyl sites for hydroxylation is 2. The summed E-state index contributed by atoms with van der Waals surface area (Å²) < 4.78 is 3.49. The maximum absolute atomic E-state index is 12.7. The molecular weight excluding hydrogens is 296 g/mol. The van der Waals surface area contributed by atoms with E-state index in [-0.39, 0.29) is 11.9 Å². The summed E-state index contributed by atoms with van der Waals surface area (Å²) in [7, 11) is 3.46. The van der Waals surface area contributed by atoms with Gasteiger partial charge >= 0.3 is 12.0 Å². The molecule has 1 unspecified atom stereocenters. The number of hydrogen-bond donors (Lipinski definition) is 0. The Labute approximate surface area is 134 Å². The lowest BCUT2D eigenvalue weighted by Crippen LogP contribution is -2.62. The van der Waals surface area contributed by atoms with Crippen LogP contribution in [0.15, 0.2) is 11.1 Å². The molecule has 0 bridgehead atoms. The highest BCUT2D eigenvalue weighted by molar-refractivity contribution is 6.22. The van der Waals surface area contributed by atoms with Crippen molar-refractivity contribution in [3.05, 3.63) is 17.5 Å². The predicted molar refractivity (Wildman–Crippen MR) is 84.7 cm³/mol. The highest BCUT2D eigenvalue weighted by Gasteiger charge is 2.51. The summed E-state index contributed by atoms with van der Waals surface area (Å²) in [6, 6.07) is 1.04. The minimum atomic E-state index is -0.580. The standard InChI is InChI=1S/C15H21N6O2/c1-6-7-20-13(22)11-12(19(5)15(20)23)16-14(18(11)4)21-10(3)8-9(2)17-21/h8,11H,6-7H2,1-5H3/q+1. The van der Waals surface area contributed by atoms with Gasteiger partial charge in [-0.25, -0.2) is 9.37 Å². The normalized spacial score (nSPS) is 21.3. The van der Waals surface area contributed by atoms with E-state index in [9.17, 15) is 9.59 Å². The van der Waals surface area contributed by atoms with Gasteiger partial charge in [0.15, 0.2) is 0 Å². The number of amidine groups is 1. The second kappa shape index (κ2) is 5.29. The summed E-state index contributed by atoms with van der Waals surface area (Å²) in [6.45, 7) is 6.19. The van der Waals surface area contributed by atoms with Gasteiger partial charge in [-0.2, -0.15) is 0 Å². The SMILES string of the molecule is CCCN1C(=O)C2C(=NC(n3nc(C)cc3C)=[N+]2C)N(C)C1=O. The van der Waals surface area contributed by atoms with E-state index in [2.05, 4.69) is 10.1 Å². The lowest BCUT2D eigenvalue weighted by Gasteiger charge is -2.33. The molecule has 0 radical (unpaired) electrons. The number of likely N-dealkylation sites (N-methyl/N-ethyl adjacent to an activating group) is 2. The minimum Gasteiger partial charge on any atom is -0.270 e. The summed E-state index contributed by atoms with van der Waals surface area (Å²) in [6.07, 6.45) is 0.724. The molecule has 3 amide bonds. The molecule has 122 valence electrons. The Balaban J connectivity index is 2.08. The Kier molecular flexibility index (Phi) is 3.54. The van der Waals surface area contributed by atoms with Gasteiger partial charge in [-0.15, -0.1) is 9.78 Å². The largest absolute Gasteiger partial charge is 0.421 e. The molecule has 8 nitrogen and oxygen atoms in total. The molecule has 0 N–H and O–H groups in total. The quantitative estimate of drug-likeness (QED) is 0.743. The Morgan fingerprint density at radius 1 is 1.30 bits per heavy atom. The minimum absolute atomic E-state index is 0.229. The number of imide groups is 1. The first kappa shape index (κ1) is 15.4. The van der Waals surface area contributed by atoms with Crippen LogP contribution in [0.3, 0.4) is 0 Å². The van der Waals surface area contributed by atoms with Gasteiger partial charge in [-0.05, 0) is 26.3 Å². The molecule has 2 aliphatic heterocycles. The van der Waals surface area contributed by atoms with E-state index in [1.807, 2.05) is 26.8 Å². The summed E-state index contributed by atoms with van der Waals surface area (Å²) >= 11 is 0. The first-order valence-corrected chi connectivity index (χ1v) is 7.67. The van der Waals surface area contributed by atoms with Gasteiger partial charge in [0.05, 0.1) is 12.7 Å². The number of amides is 3. The van der Waals surface area contributed by atoms with Crippen LogP contribution in [0.2, 0.25) is 0 Å². The van der Waals surface area contributed by atoms with Crippen molar-refractivity contribution in [1.29, 1.82) is 0 Å². The van der Waals surface area contributed by atoms with Crippen LogP contribution in [0.4, 0.5) is 4.79 Å². The van der Waals surface area contributed by atoms with Gasteiger partial charge in [0.1, 0.15) is 5.69 Å². The number of aromatic nitrogens is 2. The van der Waals surface area contributed by atoms with Crippen LogP contribution in [0, 0.1) is 13.8 Å². The van der Waals surface area contributed by atoms with Gasteiger partial charge in [0, 0.05) is 13.6 Å². The van der Waals surface area contributed by atoms with Gasteiger partial charge in [0.25, 0.3) is 5.91 Å². The maximum Gasteiger partial charge on any atom is 0.421 e. The van der Waals surface area contributed by atoms with E-state index >= 15 is 0 Å². The molecule has 1 fully saturated rings. The molecule has 1 aromatic heterocycles. The van der Waals surface area contributed by atoms with Gasteiger partial charge in [0.2, 0.25) is 11.9 Å². The molecule has 1 aromatic rings. The molecule has 0 spiro atoms. The van der Waals surface area contributed by atoms with Crippen molar-refractivity contribution >= 4 is 23.7 Å². The molecule has 2 aliphatic rings. The van der Waals surface area contributed by atoms with E-state index in [1.165, 1.54) is 9.80 Å². The lowest BCUT2D eigenvalue weighted by molar-refractivity contribution is -0.507. The predicted octanol–water partition coefficient (Wildman–Crippen LogP) is 0.431. The molecule has 23 heavy (non-hydrogen) atoms. The van der Waals surface area contributed by atoms with E-state index in [0.29, 0.717) is 18.3 Å². The fraction of sp³-hybridized carbons (Fsp3) is 0.533. The number of fused-ring (bicyclic) bond motifs is 1. The fourth-order valence-corrected chi connectivity index (χ4v) is 3.04. The van der Waals surface area contributed by atoms with Crippen LogP contribution < -0.4 is 0 Å². The highest BCUT2D eigenvalue weighted by atomic mass is 16.2. The Bertz CT molecular complexity index is 760. The number of aliphatic imine (C=N–C) groups is 1. The second-order valence-electron chi connectivity index (χ2n) is 5.95. The maximum atomic E-state index is 12.7. The topological polar surface area (TPSA) is 73.8 Å². The average molecular weight is 317 g/mol. The highest BCUT2D eigenvalue weighted by Crippen LogP contribution is 2.20. The third kappa shape index (κ3) is 2.16. The van der Waals surface area contributed by atoms with E-state index in [1.54, 1.807) is 23.4 Å². The number of nitrogens with zero attached hydrogens (tertiary/aromatic N) is 6. The monoisotopic (exact) mass is 317 g/mol. The van der Waals surface area contributed by atoms with E-state index in [0.717, 1.165) is 17.8 Å². The molecule has 0 aliphatic carbocycles. The van der Waals surface area contributed by atoms with Crippen LogP contribution in [0.25, 0.3) is 0 Å². The van der Waals surface area contributed by atoms with Crippen LogP contribution in [0.5, 0.6) is 0 Å². The van der Waals surface area contributed by atoms with Crippen molar-refractivity contribution in [1.82, 2.24) is 19.6 Å². The molecule has 0 saturated carbocycles. The zero-order valence-electron chi connectivity index (χ0n) is 14.1. The van der Waals surface area contributed by atoms with Crippen molar-refractivity contribution in [2.45, 2.75) is 33.2 Å². The molecule has 1 saturated heterocycles. The number of urea groups is 1. The van der Waals surface area contributed by atoms with Crippen molar-refractivity contribution < 1.29 is 14.2 Å². The number of rotatable bonds is 2. The molecule has 1 atom stereocenters. The van der Waals surface area contributed by atoms with Crippen LogP contribution >= 0.6 is 0 Å². The zero-order valence-corrected chi connectivity index (χ0v) is 14.1.